The summed E-state index contributed by atoms with van der Waals surface area (Å²) < 4.78 is 0. The minimum Gasteiger partial charge on any atom is -0.348 e. The number of hydrogen-bond acceptors (Lipinski definition) is 6. The Balaban J connectivity index is 1.71. The van der Waals surface area contributed by atoms with Crippen molar-refractivity contribution in [2.75, 3.05) is 6.54 Å². The van der Waals surface area contributed by atoms with E-state index in [1.807, 2.05) is 44.2 Å². The lowest BCUT2D eigenvalue weighted by atomic mass is 9.98. The van der Waals surface area contributed by atoms with Gasteiger partial charge in [-0.25, -0.2) is 4.98 Å². The van der Waals surface area contributed by atoms with Crippen molar-refractivity contribution in [2.24, 2.45) is 11.7 Å². The highest BCUT2D eigenvalue weighted by Gasteiger charge is 2.39. The number of carbonyl (C=O) groups is 4. The van der Waals surface area contributed by atoms with Crippen LogP contribution in [0, 0.1) is 5.92 Å². The summed E-state index contributed by atoms with van der Waals surface area (Å²) in [6, 6.07) is 6.32. The highest BCUT2D eigenvalue weighted by molar-refractivity contribution is 5.94. The van der Waals surface area contributed by atoms with E-state index < -0.39 is 30.1 Å². The van der Waals surface area contributed by atoms with Gasteiger partial charge in [0.2, 0.25) is 17.7 Å². The topological polar surface area (TPSA) is 150 Å². The number of likely N-dealkylation sites (tertiary alicyclic amines) is 1. The molecular weight excluding hydrogens is 460 g/mol. The zero-order valence-corrected chi connectivity index (χ0v) is 20.9. The molecule has 10 heteroatoms. The van der Waals surface area contributed by atoms with Gasteiger partial charge < -0.3 is 31.0 Å². The number of nitrogens with zero attached hydrogens (tertiary/aromatic N) is 2. The first-order valence-electron chi connectivity index (χ1n) is 12.5. The molecule has 0 unspecified atom stereocenters. The lowest BCUT2D eigenvalue weighted by Gasteiger charge is -2.30. The fourth-order valence-corrected chi connectivity index (χ4v) is 4.38. The smallest absolute Gasteiger partial charge is 0.246 e. The van der Waals surface area contributed by atoms with E-state index in [1.165, 1.54) is 11.2 Å². The van der Waals surface area contributed by atoms with E-state index in [-0.39, 0.29) is 24.2 Å². The second kappa shape index (κ2) is 13.0. The maximum atomic E-state index is 13.6. The van der Waals surface area contributed by atoms with Crippen molar-refractivity contribution < 1.29 is 19.2 Å². The van der Waals surface area contributed by atoms with Gasteiger partial charge in [0, 0.05) is 24.9 Å². The van der Waals surface area contributed by atoms with Crippen molar-refractivity contribution in [1.82, 2.24) is 25.5 Å². The summed E-state index contributed by atoms with van der Waals surface area (Å²) in [5, 5.41) is 5.58. The Morgan fingerprint density at radius 2 is 1.97 bits per heavy atom. The fourth-order valence-electron chi connectivity index (χ4n) is 4.38. The van der Waals surface area contributed by atoms with Gasteiger partial charge in [0.1, 0.15) is 18.4 Å². The van der Waals surface area contributed by atoms with Crippen LogP contribution >= 0.6 is 0 Å². The zero-order valence-electron chi connectivity index (χ0n) is 20.9. The van der Waals surface area contributed by atoms with Crippen LogP contribution in [0.2, 0.25) is 0 Å². The third kappa shape index (κ3) is 7.00. The second-order valence-corrected chi connectivity index (χ2v) is 9.38. The van der Waals surface area contributed by atoms with E-state index in [9.17, 15) is 19.2 Å². The number of nitrogens with one attached hydrogen (secondary N) is 3. The first-order chi connectivity index (χ1) is 17.3. The van der Waals surface area contributed by atoms with Crippen molar-refractivity contribution >= 4 is 24.0 Å². The van der Waals surface area contributed by atoms with Crippen LogP contribution in [0.4, 0.5) is 0 Å². The molecule has 5 atom stereocenters. The van der Waals surface area contributed by atoms with Crippen molar-refractivity contribution in [1.29, 1.82) is 0 Å². The summed E-state index contributed by atoms with van der Waals surface area (Å²) in [7, 11) is 0. The molecule has 1 aromatic carbocycles. The largest absolute Gasteiger partial charge is 0.348 e. The van der Waals surface area contributed by atoms with Crippen LogP contribution in [0.5, 0.6) is 0 Å². The Labute approximate surface area is 211 Å². The first kappa shape index (κ1) is 27.1. The zero-order chi connectivity index (χ0) is 26.1. The molecule has 10 nitrogen and oxygen atoms in total. The minimum atomic E-state index is -0.910. The maximum absolute atomic E-state index is 13.6. The fraction of sp³-hybridized carbons (Fsp3) is 0.500. The molecule has 5 N–H and O–H groups in total. The Bertz CT molecular complexity index is 1010. The van der Waals surface area contributed by atoms with E-state index in [0.29, 0.717) is 37.8 Å². The molecule has 2 heterocycles. The van der Waals surface area contributed by atoms with Crippen LogP contribution in [0.1, 0.15) is 44.4 Å². The molecule has 3 amide bonds. The Morgan fingerprint density at radius 1 is 1.22 bits per heavy atom. The molecule has 0 saturated carbocycles. The number of hydrogen-bond donors (Lipinski definition) is 4. The maximum Gasteiger partial charge on any atom is 0.246 e. The highest BCUT2D eigenvalue weighted by atomic mass is 16.2. The van der Waals surface area contributed by atoms with Crippen LogP contribution in [-0.2, 0) is 32.0 Å². The van der Waals surface area contributed by atoms with Gasteiger partial charge in [-0.2, -0.15) is 0 Å². The average Bonchev–Trinajstić information content (AvgIpc) is 3.59. The average molecular weight is 497 g/mol. The molecule has 0 aliphatic carbocycles. The van der Waals surface area contributed by atoms with Crippen LogP contribution in [0.3, 0.4) is 0 Å². The number of imidazole rings is 1. The molecule has 1 aromatic heterocycles. The normalized spacial score (nSPS) is 18.6. The summed E-state index contributed by atoms with van der Waals surface area (Å²) in [6.45, 7) is 4.21. The molecule has 36 heavy (non-hydrogen) atoms. The van der Waals surface area contributed by atoms with Crippen molar-refractivity contribution in [2.45, 2.75) is 70.1 Å². The Hall–Kier alpha value is -3.53. The van der Waals surface area contributed by atoms with Crippen molar-refractivity contribution in [3.05, 3.63) is 54.1 Å². The summed E-state index contributed by atoms with van der Waals surface area (Å²) in [4.78, 5) is 59.7. The van der Waals surface area contributed by atoms with Gasteiger partial charge in [0.05, 0.1) is 18.4 Å². The van der Waals surface area contributed by atoms with E-state index in [1.54, 1.807) is 6.20 Å². The summed E-state index contributed by atoms with van der Waals surface area (Å²) in [6.07, 6.45) is 6.20. The molecule has 1 aliphatic heterocycles. The van der Waals surface area contributed by atoms with Crippen LogP contribution in [0.25, 0.3) is 0 Å². The molecule has 3 rings (SSSR count). The Kier molecular flexibility index (Phi) is 9.75. The van der Waals surface area contributed by atoms with Gasteiger partial charge in [-0.15, -0.1) is 0 Å². The van der Waals surface area contributed by atoms with Crippen molar-refractivity contribution in [3.63, 3.8) is 0 Å². The SMILES string of the molecule is CC[C@H](C)[C@H](N)C(=O)N[C@@H](Cc1cnc[nH]1)C(=O)N1CCC[C@H]1C(=O)N[C@H](C=O)Cc1ccccc1. The van der Waals surface area contributed by atoms with Crippen molar-refractivity contribution in [3.8, 4) is 0 Å². The van der Waals surface area contributed by atoms with Gasteiger partial charge >= 0.3 is 0 Å². The molecule has 0 radical (unpaired) electrons. The molecule has 1 aliphatic rings. The molecular formula is C26H36N6O4. The minimum absolute atomic E-state index is 0.0527. The van der Waals surface area contributed by atoms with Crippen LogP contribution in [-0.4, -0.2) is 69.6 Å². The molecule has 0 spiro atoms. The summed E-state index contributed by atoms with van der Waals surface area (Å²) in [5.41, 5.74) is 7.70. The monoisotopic (exact) mass is 496 g/mol. The van der Waals surface area contributed by atoms with E-state index in [2.05, 4.69) is 20.6 Å². The molecule has 1 fully saturated rings. The molecule has 1 saturated heterocycles. The van der Waals surface area contributed by atoms with Gasteiger partial charge in [-0.1, -0.05) is 50.6 Å². The number of benzene rings is 1. The third-order valence-corrected chi connectivity index (χ3v) is 6.78. The van der Waals surface area contributed by atoms with E-state index >= 15 is 0 Å². The number of rotatable bonds is 12. The second-order valence-electron chi connectivity index (χ2n) is 9.38. The predicted molar refractivity (Wildman–Crippen MR) is 135 cm³/mol. The summed E-state index contributed by atoms with van der Waals surface area (Å²) in [5.74, 6) is -1.20. The quantitative estimate of drug-likeness (QED) is 0.318. The van der Waals surface area contributed by atoms with E-state index in [0.717, 1.165) is 12.0 Å². The van der Waals surface area contributed by atoms with Crippen LogP contribution in [0.15, 0.2) is 42.9 Å². The molecule has 2 aromatic rings. The van der Waals surface area contributed by atoms with Gasteiger partial charge in [-0.05, 0) is 30.7 Å². The standard InChI is InChI=1S/C26H36N6O4/c1-3-17(2)23(27)25(35)31-21(13-19-14-28-16-29-19)26(36)32-11-7-10-22(32)24(34)30-20(15-33)12-18-8-5-4-6-9-18/h4-6,8-9,14-17,20-23H,3,7,10-13,27H2,1-2H3,(H,28,29)(H,30,34)(H,31,35)/t17-,20-,21-,22-,23-/m0/s1. The first-order valence-corrected chi connectivity index (χ1v) is 12.5. The highest BCUT2D eigenvalue weighted by Crippen LogP contribution is 2.20. The number of aromatic nitrogens is 2. The molecule has 0 bridgehead atoms. The number of aldehydes is 1. The number of carbonyl (C=O) groups excluding carboxylic acids is 4. The van der Waals surface area contributed by atoms with E-state index in [4.69, 9.17) is 5.73 Å². The Morgan fingerprint density at radius 3 is 2.61 bits per heavy atom. The lowest BCUT2D eigenvalue weighted by molar-refractivity contribution is -0.142. The number of nitrogens with two attached hydrogens (primary N) is 1. The van der Waals surface area contributed by atoms with Gasteiger partial charge in [0.25, 0.3) is 0 Å². The van der Waals surface area contributed by atoms with Gasteiger partial charge in [0.15, 0.2) is 0 Å². The number of H-pyrrole nitrogens is 1. The number of amides is 3. The molecule has 194 valence electrons. The predicted octanol–water partition coefficient (Wildman–Crippen LogP) is 0.728. The van der Waals surface area contributed by atoms with Crippen LogP contribution < -0.4 is 16.4 Å². The summed E-state index contributed by atoms with van der Waals surface area (Å²) >= 11 is 0. The number of aromatic amines is 1. The third-order valence-electron chi connectivity index (χ3n) is 6.78. The van der Waals surface area contributed by atoms with Gasteiger partial charge in [-0.3, -0.25) is 14.4 Å². The lowest BCUT2D eigenvalue weighted by Crippen LogP contribution is -2.57.